The van der Waals surface area contributed by atoms with E-state index in [-0.39, 0.29) is 34.1 Å². The minimum atomic E-state index is -1.50. The standard InChI is InChI=1S/C28H24NO6Si/c1-32-25-22(19-13-7-4-8-14-19)24(29(30)31)23(26(33-2)27(25)34-3)28(35-36,20-15-9-5-10-16-20)21-17-11-6-12-18-21/h4-18H,1-3H3. The molecule has 36 heavy (non-hydrogen) atoms. The van der Waals surface area contributed by atoms with E-state index in [0.717, 1.165) is 0 Å². The lowest BCUT2D eigenvalue weighted by Crippen LogP contribution is -2.34. The van der Waals surface area contributed by atoms with Crippen LogP contribution < -0.4 is 14.2 Å². The molecule has 4 aromatic carbocycles. The molecule has 4 rings (SSSR count). The topological polar surface area (TPSA) is 80.1 Å². The number of hydrogen-bond donors (Lipinski definition) is 0. The Balaban J connectivity index is 2.32. The van der Waals surface area contributed by atoms with Gasteiger partial charge < -0.3 is 18.6 Å². The number of methoxy groups -OCH3 is 3. The zero-order valence-electron chi connectivity index (χ0n) is 20.1. The van der Waals surface area contributed by atoms with Crippen LogP contribution in [0.25, 0.3) is 11.1 Å². The zero-order valence-corrected chi connectivity index (χ0v) is 21.1. The summed E-state index contributed by atoms with van der Waals surface area (Å²) >= 11 is 0. The fourth-order valence-corrected chi connectivity index (χ4v) is 4.93. The van der Waals surface area contributed by atoms with E-state index in [1.54, 1.807) is 24.3 Å². The Morgan fingerprint density at radius 1 is 0.694 bits per heavy atom. The molecule has 4 aromatic rings. The van der Waals surface area contributed by atoms with Gasteiger partial charge in [0, 0.05) is 0 Å². The molecular formula is C28H24NO6Si. The Bertz CT molecular complexity index is 1310. The minimum Gasteiger partial charge on any atom is -0.492 e. The van der Waals surface area contributed by atoms with E-state index in [9.17, 15) is 10.1 Å². The third kappa shape index (κ3) is 4.00. The summed E-state index contributed by atoms with van der Waals surface area (Å²) in [7, 11) is 7.64. The lowest BCUT2D eigenvalue weighted by molar-refractivity contribution is -0.385. The van der Waals surface area contributed by atoms with Crippen LogP contribution in [0.3, 0.4) is 0 Å². The van der Waals surface area contributed by atoms with Crippen LogP contribution in [0.15, 0.2) is 91.0 Å². The van der Waals surface area contributed by atoms with Crippen molar-refractivity contribution in [3.05, 3.63) is 118 Å². The number of ether oxygens (including phenoxy) is 3. The van der Waals surface area contributed by atoms with Crippen molar-refractivity contribution in [2.45, 2.75) is 5.60 Å². The summed E-state index contributed by atoms with van der Waals surface area (Å²) in [4.78, 5) is 12.5. The monoisotopic (exact) mass is 498 g/mol. The Kier molecular flexibility index (Phi) is 7.38. The first-order valence-electron chi connectivity index (χ1n) is 11.1. The maximum Gasteiger partial charge on any atom is 0.291 e. The van der Waals surface area contributed by atoms with Crippen molar-refractivity contribution >= 4 is 16.2 Å². The third-order valence-electron chi connectivity index (χ3n) is 6.06. The highest BCUT2D eigenvalue weighted by molar-refractivity contribution is 5.99. The highest BCUT2D eigenvalue weighted by Gasteiger charge is 2.48. The van der Waals surface area contributed by atoms with Gasteiger partial charge in [0.1, 0.15) is 16.7 Å². The minimum absolute atomic E-state index is 0.117. The lowest BCUT2D eigenvalue weighted by Gasteiger charge is -2.36. The van der Waals surface area contributed by atoms with Gasteiger partial charge in [0.2, 0.25) is 16.2 Å². The molecule has 0 N–H and O–H groups in total. The first-order valence-corrected chi connectivity index (χ1v) is 11.5. The van der Waals surface area contributed by atoms with Gasteiger partial charge in [0.25, 0.3) is 5.69 Å². The summed E-state index contributed by atoms with van der Waals surface area (Å²) < 4.78 is 23.4. The lowest BCUT2D eigenvalue weighted by atomic mass is 9.77. The van der Waals surface area contributed by atoms with Gasteiger partial charge in [-0.1, -0.05) is 91.0 Å². The molecular weight excluding hydrogens is 474 g/mol. The molecule has 0 aliphatic rings. The van der Waals surface area contributed by atoms with Crippen molar-refractivity contribution in [2.75, 3.05) is 21.3 Å². The predicted octanol–water partition coefficient (Wildman–Crippen LogP) is 5.68. The zero-order chi connectivity index (χ0) is 25.7. The molecule has 0 amide bonds. The van der Waals surface area contributed by atoms with Crippen LogP contribution in [0.4, 0.5) is 5.69 Å². The van der Waals surface area contributed by atoms with E-state index < -0.39 is 10.5 Å². The van der Waals surface area contributed by atoms with Crippen molar-refractivity contribution in [3.63, 3.8) is 0 Å². The number of nitrogens with zero attached hydrogens (tertiary/aromatic N) is 1. The third-order valence-corrected chi connectivity index (χ3v) is 6.37. The van der Waals surface area contributed by atoms with E-state index in [1.807, 2.05) is 66.7 Å². The second kappa shape index (κ2) is 10.6. The molecule has 0 aliphatic heterocycles. The molecule has 0 heterocycles. The highest BCUT2D eigenvalue weighted by atomic mass is 28.2. The van der Waals surface area contributed by atoms with Gasteiger partial charge in [0.05, 0.1) is 26.3 Å². The normalized spacial score (nSPS) is 11.1. The van der Waals surface area contributed by atoms with Gasteiger partial charge in [-0.05, 0) is 16.7 Å². The van der Waals surface area contributed by atoms with Crippen molar-refractivity contribution < 1.29 is 23.6 Å². The van der Waals surface area contributed by atoms with Crippen LogP contribution in [0, 0.1) is 10.1 Å². The van der Waals surface area contributed by atoms with E-state index in [4.69, 9.17) is 18.6 Å². The SMILES string of the molecule is COc1c(OC)c(-c2ccccc2)c([N+](=O)[O-])c(C(O[Si])(c2ccccc2)c2ccccc2)c1OC. The fraction of sp³-hybridized carbons (Fsp3) is 0.143. The molecule has 7 nitrogen and oxygen atoms in total. The Morgan fingerprint density at radius 2 is 1.14 bits per heavy atom. The largest absolute Gasteiger partial charge is 0.492 e. The van der Waals surface area contributed by atoms with Crippen LogP contribution >= 0.6 is 0 Å². The van der Waals surface area contributed by atoms with Crippen molar-refractivity contribution in [2.24, 2.45) is 0 Å². The number of hydrogen-bond acceptors (Lipinski definition) is 6. The van der Waals surface area contributed by atoms with Crippen LogP contribution in [0.2, 0.25) is 0 Å². The maximum absolute atomic E-state index is 13.0. The van der Waals surface area contributed by atoms with E-state index in [2.05, 4.69) is 10.5 Å². The molecule has 0 saturated carbocycles. The summed E-state index contributed by atoms with van der Waals surface area (Å²) in [5.74, 6) is 0.506. The summed E-state index contributed by atoms with van der Waals surface area (Å²) in [5, 5.41) is 13.0. The molecule has 8 heteroatoms. The number of nitro groups is 1. The van der Waals surface area contributed by atoms with E-state index >= 15 is 0 Å². The molecule has 0 aliphatic carbocycles. The summed E-state index contributed by atoms with van der Waals surface area (Å²) in [6.45, 7) is 0. The Hall–Kier alpha value is -4.14. The van der Waals surface area contributed by atoms with E-state index in [1.165, 1.54) is 21.3 Å². The quantitative estimate of drug-likeness (QED) is 0.128. The number of rotatable bonds is 9. The summed E-state index contributed by atoms with van der Waals surface area (Å²) in [5.41, 5.74) is 0.511. The fourth-order valence-electron chi connectivity index (χ4n) is 4.60. The average molecular weight is 499 g/mol. The van der Waals surface area contributed by atoms with Gasteiger partial charge in [-0.15, -0.1) is 0 Å². The van der Waals surface area contributed by atoms with Gasteiger partial charge >= 0.3 is 0 Å². The number of nitro benzene ring substituents is 1. The molecule has 0 aromatic heterocycles. The first kappa shape index (κ1) is 25.0. The predicted molar refractivity (Wildman–Crippen MR) is 138 cm³/mol. The van der Waals surface area contributed by atoms with Gasteiger partial charge in [-0.25, -0.2) is 0 Å². The van der Waals surface area contributed by atoms with Crippen LogP contribution in [0.5, 0.6) is 17.2 Å². The molecule has 0 unspecified atom stereocenters. The molecule has 0 bridgehead atoms. The molecule has 0 saturated heterocycles. The van der Waals surface area contributed by atoms with Crippen molar-refractivity contribution in [1.29, 1.82) is 0 Å². The maximum atomic E-state index is 13.0. The molecule has 0 fully saturated rings. The first-order chi connectivity index (χ1) is 17.5. The van der Waals surface area contributed by atoms with Crippen molar-refractivity contribution in [1.82, 2.24) is 0 Å². The van der Waals surface area contributed by atoms with Gasteiger partial charge in [0.15, 0.2) is 11.5 Å². The van der Waals surface area contributed by atoms with Gasteiger partial charge in [-0.3, -0.25) is 10.1 Å². The summed E-state index contributed by atoms with van der Waals surface area (Å²) in [6.07, 6.45) is 0. The van der Waals surface area contributed by atoms with E-state index in [0.29, 0.717) is 16.7 Å². The second-order valence-electron chi connectivity index (χ2n) is 7.84. The van der Waals surface area contributed by atoms with Gasteiger partial charge in [-0.2, -0.15) is 0 Å². The highest BCUT2D eigenvalue weighted by Crippen LogP contribution is 2.58. The smallest absolute Gasteiger partial charge is 0.291 e. The summed E-state index contributed by atoms with van der Waals surface area (Å²) in [6, 6.07) is 27.5. The van der Waals surface area contributed by atoms with Crippen LogP contribution in [-0.4, -0.2) is 36.7 Å². The number of benzene rings is 4. The Labute approximate surface area is 212 Å². The molecule has 181 valence electrons. The molecule has 3 radical (unpaired) electrons. The molecule has 0 spiro atoms. The average Bonchev–Trinajstić information content (AvgIpc) is 2.94. The Morgan fingerprint density at radius 3 is 1.53 bits per heavy atom. The van der Waals surface area contributed by atoms with Crippen LogP contribution in [-0.2, 0) is 10.0 Å². The van der Waals surface area contributed by atoms with Crippen LogP contribution in [0.1, 0.15) is 16.7 Å². The van der Waals surface area contributed by atoms with Crippen molar-refractivity contribution in [3.8, 4) is 28.4 Å². The second-order valence-corrected chi connectivity index (χ2v) is 8.04. The molecule has 0 atom stereocenters.